The Kier molecular flexibility index (Phi) is 4.50. The number of amides is 1. The number of nitro benzene ring substituents is 1. The predicted molar refractivity (Wildman–Crippen MR) is 124 cm³/mol. The first kappa shape index (κ1) is 20.3. The van der Waals surface area contributed by atoms with Crippen LogP contribution in [-0.4, -0.2) is 34.1 Å². The summed E-state index contributed by atoms with van der Waals surface area (Å²) in [6.07, 6.45) is 1.74. The SMILES string of the molecule is O=C(c1cccs1)C1C(c2cccc([N+](=O)[O-])c2)C2CCCN2[C@@]12C(=O)Nc1ccccc12. The third-order valence-electron chi connectivity index (χ3n) is 7.42. The minimum absolute atomic E-state index is 0.00315. The Bertz CT molecular complexity index is 1290. The summed E-state index contributed by atoms with van der Waals surface area (Å²) in [6, 6.07) is 17.8. The van der Waals surface area contributed by atoms with Crippen LogP contribution in [0.15, 0.2) is 66.0 Å². The smallest absolute Gasteiger partial charge is 0.269 e. The van der Waals surface area contributed by atoms with Gasteiger partial charge in [0.15, 0.2) is 5.78 Å². The topological polar surface area (TPSA) is 92.5 Å². The van der Waals surface area contributed by atoms with Crippen LogP contribution < -0.4 is 5.32 Å². The van der Waals surface area contributed by atoms with Crippen molar-refractivity contribution in [2.45, 2.75) is 30.3 Å². The molecule has 3 unspecified atom stereocenters. The Morgan fingerprint density at radius 1 is 1.15 bits per heavy atom. The third kappa shape index (κ3) is 2.71. The highest BCUT2D eigenvalue weighted by Crippen LogP contribution is 2.61. The standard InChI is InChI=1S/C25H21N3O4S/c29-23(20-11-5-13-33-20)22-21(15-6-3-7-16(14-15)28(31)32)19-10-4-12-27(19)25(22)17-8-1-2-9-18(17)26-24(25)30/h1-3,5-9,11,13-14,19,21-22H,4,10,12H2,(H,26,30)/t19?,21?,22?,25-/m1/s1. The van der Waals surface area contributed by atoms with Gasteiger partial charge in [0.25, 0.3) is 5.69 Å². The van der Waals surface area contributed by atoms with E-state index in [9.17, 15) is 19.7 Å². The van der Waals surface area contributed by atoms with E-state index in [1.807, 2.05) is 41.8 Å². The number of fused-ring (bicyclic) bond motifs is 4. The van der Waals surface area contributed by atoms with Crippen LogP contribution in [0.2, 0.25) is 0 Å². The van der Waals surface area contributed by atoms with Gasteiger partial charge in [0.05, 0.1) is 15.7 Å². The number of anilines is 1. The number of nitrogens with one attached hydrogen (secondary N) is 1. The summed E-state index contributed by atoms with van der Waals surface area (Å²) < 4.78 is 0. The summed E-state index contributed by atoms with van der Waals surface area (Å²) >= 11 is 1.37. The van der Waals surface area contributed by atoms with E-state index in [1.165, 1.54) is 17.4 Å². The number of rotatable bonds is 4. The number of carbonyl (C=O) groups is 2. The van der Waals surface area contributed by atoms with Crippen LogP contribution >= 0.6 is 11.3 Å². The Labute approximate surface area is 194 Å². The highest BCUT2D eigenvalue weighted by Gasteiger charge is 2.69. The van der Waals surface area contributed by atoms with Gasteiger partial charge in [-0.05, 0) is 42.5 Å². The molecule has 0 aliphatic carbocycles. The zero-order chi connectivity index (χ0) is 22.7. The first-order valence-corrected chi connectivity index (χ1v) is 11.9. The number of carbonyl (C=O) groups excluding carboxylic acids is 2. The van der Waals surface area contributed by atoms with Crippen molar-refractivity contribution >= 4 is 34.4 Å². The van der Waals surface area contributed by atoms with Crippen molar-refractivity contribution in [1.82, 2.24) is 4.90 Å². The maximum absolute atomic E-state index is 14.1. The van der Waals surface area contributed by atoms with Crippen molar-refractivity contribution in [3.05, 3.63) is 92.2 Å². The number of ketones is 1. The number of Topliss-reactive ketones (excluding diaryl/α,β-unsaturated/α-hetero) is 1. The molecule has 2 saturated heterocycles. The summed E-state index contributed by atoms with van der Waals surface area (Å²) in [5.41, 5.74) is 1.16. The number of para-hydroxylation sites is 1. The maximum atomic E-state index is 14.1. The second-order valence-corrected chi connectivity index (χ2v) is 9.81. The van der Waals surface area contributed by atoms with E-state index in [2.05, 4.69) is 10.2 Å². The molecule has 3 aromatic rings. The molecule has 7 nitrogen and oxygen atoms in total. The molecular formula is C25H21N3O4S. The summed E-state index contributed by atoms with van der Waals surface area (Å²) in [4.78, 5) is 41.9. The van der Waals surface area contributed by atoms with Crippen LogP contribution in [0.3, 0.4) is 0 Å². The molecule has 1 aromatic heterocycles. The van der Waals surface area contributed by atoms with Gasteiger partial charge in [0, 0.05) is 35.3 Å². The first-order valence-electron chi connectivity index (χ1n) is 11.0. The number of thiophene rings is 1. The molecule has 6 rings (SSSR count). The van der Waals surface area contributed by atoms with E-state index in [1.54, 1.807) is 18.2 Å². The molecule has 0 saturated carbocycles. The molecule has 0 bridgehead atoms. The first-order chi connectivity index (χ1) is 16.0. The number of nitrogens with zero attached hydrogens (tertiary/aromatic N) is 2. The number of benzene rings is 2. The van der Waals surface area contributed by atoms with E-state index in [0.29, 0.717) is 11.4 Å². The Morgan fingerprint density at radius 2 is 2.00 bits per heavy atom. The molecule has 1 amide bonds. The zero-order valence-corrected chi connectivity index (χ0v) is 18.5. The molecule has 2 fully saturated rings. The Morgan fingerprint density at radius 3 is 2.79 bits per heavy atom. The van der Waals surface area contributed by atoms with E-state index in [4.69, 9.17) is 0 Å². The minimum atomic E-state index is -1.13. The number of non-ortho nitro benzene ring substituents is 1. The van der Waals surface area contributed by atoms with Gasteiger partial charge in [-0.2, -0.15) is 0 Å². The van der Waals surface area contributed by atoms with Crippen molar-refractivity contribution in [3.8, 4) is 0 Å². The average Bonchev–Trinajstić information content (AvgIpc) is 3.59. The van der Waals surface area contributed by atoms with Gasteiger partial charge in [-0.1, -0.05) is 36.4 Å². The molecule has 166 valence electrons. The van der Waals surface area contributed by atoms with E-state index < -0.39 is 16.4 Å². The largest absolute Gasteiger partial charge is 0.324 e. The van der Waals surface area contributed by atoms with Crippen molar-refractivity contribution in [2.75, 3.05) is 11.9 Å². The van der Waals surface area contributed by atoms with Gasteiger partial charge in [-0.25, -0.2) is 0 Å². The molecule has 3 aliphatic rings. The quantitative estimate of drug-likeness (QED) is 0.351. The van der Waals surface area contributed by atoms with Gasteiger partial charge in [0.1, 0.15) is 5.54 Å². The van der Waals surface area contributed by atoms with E-state index in [-0.39, 0.29) is 29.3 Å². The lowest BCUT2D eigenvalue weighted by Gasteiger charge is -2.36. The number of nitro groups is 1. The highest BCUT2D eigenvalue weighted by atomic mass is 32.1. The third-order valence-corrected chi connectivity index (χ3v) is 8.30. The highest BCUT2D eigenvalue weighted by molar-refractivity contribution is 7.12. The van der Waals surface area contributed by atoms with Gasteiger partial charge in [-0.15, -0.1) is 11.3 Å². The second-order valence-electron chi connectivity index (χ2n) is 8.87. The van der Waals surface area contributed by atoms with Crippen LogP contribution in [0.5, 0.6) is 0 Å². The zero-order valence-electron chi connectivity index (χ0n) is 17.6. The van der Waals surface area contributed by atoms with E-state index in [0.717, 1.165) is 29.7 Å². The summed E-state index contributed by atoms with van der Waals surface area (Å²) in [6.45, 7) is 0.700. The van der Waals surface area contributed by atoms with Crippen LogP contribution in [0.1, 0.15) is 39.6 Å². The molecular weight excluding hydrogens is 438 g/mol. The fourth-order valence-corrected chi connectivity index (χ4v) is 7.01. The lowest BCUT2D eigenvalue weighted by molar-refractivity contribution is -0.384. The number of hydrogen-bond donors (Lipinski definition) is 1. The Hall–Kier alpha value is -3.36. The Balaban J connectivity index is 1.62. The molecule has 3 aliphatic heterocycles. The molecule has 4 heterocycles. The maximum Gasteiger partial charge on any atom is 0.269 e. The van der Waals surface area contributed by atoms with Crippen LogP contribution in [-0.2, 0) is 10.3 Å². The fourth-order valence-electron chi connectivity index (χ4n) is 6.31. The molecule has 2 aromatic carbocycles. The normalized spacial score (nSPS) is 28.0. The van der Waals surface area contributed by atoms with Crippen molar-refractivity contribution in [2.24, 2.45) is 5.92 Å². The number of hydrogen-bond acceptors (Lipinski definition) is 6. The van der Waals surface area contributed by atoms with Crippen LogP contribution in [0.4, 0.5) is 11.4 Å². The fraction of sp³-hybridized carbons (Fsp3) is 0.280. The molecule has 1 N–H and O–H groups in total. The van der Waals surface area contributed by atoms with Crippen molar-refractivity contribution < 1.29 is 14.5 Å². The van der Waals surface area contributed by atoms with Gasteiger partial charge in [0.2, 0.25) is 5.91 Å². The van der Waals surface area contributed by atoms with Gasteiger partial charge in [-0.3, -0.25) is 24.6 Å². The van der Waals surface area contributed by atoms with Crippen LogP contribution in [0.25, 0.3) is 0 Å². The average molecular weight is 460 g/mol. The summed E-state index contributed by atoms with van der Waals surface area (Å²) in [5.74, 6) is -1.28. The second kappa shape index (κ2) is 7.33. The predicted octanol–water partition coefficient (Wildman–Crippen LogP) is 4.56. The molecule has 8 heteroatoms. The molecule has 1 spiro atoms. The van der Waals surface area contributed by atoms with Crippen molar-refractivity contribution in [1.29, 1.82) is 0 Å². The molecule has 0 radical (unpaired) electrons. The van der Waals surface area contributed by atoms with Gasteiger partial charge < -0.3 is 5.32 Å². The van der Waals surface area contributed by atoms with Gasteiger partial charge >= 0.3 is 0 Å². The molecule has 4 atom stereocenters. The monoisotopic (exact) mass is 459 g/mol. The van der Waals surface area contributed by atoms with Crippen molar-refractivity contribution in [3.63, 3.8) is 0 Å². The summed E-state index contributed by atoms with van der Waals surface area (Å²) in [5, 5.41) is 16.4. The van der Waals surface area contributed by atoms with Crippen LogP contribution in [0, 0.1) is 16.0 Å². The lowest BCUT2D eigenvalue weighted by atomic mass is 9.69. The summed E-state index contributed by atoms with van der Waals surface area (Å²) in [7, 11) is 0. The minimum Gasteiger partial charge on any atom is -0.324 e. The lowest BCUT2D eigenvalue weighted by Crippen LogP contribution is -2.52. The molecule has 33 heavy (non-hydrogen) atoms. The van der Waals surface area contributed by atoms with E-state index >= 15 is 0 Å².